The van der Waals surface area contributed by atoms with Crippen LogP contribution in [0.1, 0.15) is 17.5 Å². The van der Waals surface area contributed by atoms with Crippen molar-refractivity contribution >= 4 is 22.2 Å². The molecule has 108 valence electrons. The number of thiazole rings is 1. The van der Waals surface area contributed by atoms with E-state index in [1.54, 1.807) is 19.2 Å². The molecule has 0 amide bonds. The van der Waals surface area contributed by atoms with E-state index in [9.17, 15) is 9.50 Å². The van der Waals surface area contributed by atoms with Crippen molar-refractivity contribution < 1.29 is 14.2 Å². The van der Waals surface area contributed by atoms with Gasteiger partial charge in [0, 0.05) is 19.3 Å². The maximum Gasteiger partial charge on any atom is 0.190 e. The summed E-state index contributed by atoms with van der Waals surface area (Å²) in [6, 6.07) is 6.28. The standard InChI is InChI=1S/C14H17FN2O2S/c1-3-17(11-6-4-10(15)5-7-11)14-16-12(9-19-2)13(8-18)20-14/h4-7,18H,3,8-9H2,1-2H3. The van der Waals surface area contributed by atoms with Gasteiger partial charge in [0.1, 0.15) is 5.82 Å². The lowest BCUT2D eigenvalue weighted by Gasteiger charge is -2.19. The highest BCUT2D eigenvalue weighted by atomic mass is 32.1. The Balaban J connectivity index is 2.33. The van der Waals surface area contributed by atoms with Crippen LogP contribution in [-0.2, 0) is 18.0 Å². The Morgan fingerprint density at radius 2 is 2.05 bits per heavy atom. The maximum atomic E-state index is 13.0. The number of ether oxygens (including phenoxy) is 1. The molecular weight excluding hydrogens is 279 g/mol. The van der Waals surface area contributed by atoms with Crippen LogP contribution in [0.4, 0.5) is 15.2 Å². The minimum atomic E-state index is -0.264. The van der Waals surface area contributed by atoms with Crippen LogP contribution in [0.2, 0.25) is 0 Å². The second-order valence-electron chi connectivity index (χ2n) is 4.18. The van der Waals surface area contributed by atoms with Gasteiger partial charge in [0.15, 0.2) is 5.13 Å². The monoisotopic (exact) mass is 296 g/mol. The number of rotatable bonds is 6. The zero-order valence-electron chi connectivity index (χ0n) is 11.5. The van der Waals surface area contributed by atoms with E-state index in [0.717, 1.165) is 21.4 Å². The molecule has 1 aromatic carbocycles. The Labute approximate surface area is 121 Å². The van der Waals surface area contributed by atoms with Gasteiger partial charge < -0.3 is 14.7 Å². The van der Waals surface area contributed by atoms with Gasteiger partial charge in [0.2, 0.25) is 0 Å². The Morgan fingerprint density at radius 1 is 1.35 bits per heavy atom. The predicted octanol–water partition coefficient (Wildman–Crippen LogP) is 3.08. The van der Waals surface area contributed by atoms with Gasteiger partial charge in [-0.25, -0.2) is 9.37 Å². The number of methoxy groups -OCH3 is 1. The average Bonchev–Trinajstić information content (AvgIpc) is 2.85. The summed E-state index contributed by atoms with van der Waals surface area (Å²) >= 11 is 1.42. The molecule has 1 heterocycles. The number of aliphatic hydroxyl groups excluding tert-OH is 1. The first-order chi connectivity index (χ1) is 9.69. The molecule has 0 unspecified atom stereocenters. The summed E-state index contributed by atoms with van der Waals surface area (Å²) in [7, 11) is 1.59. The summed E-state index contributed by atoms with van der Waals surface area (Å²) < 4.78 is 18.1. The SMILES string of the molecule is CCN(c1ccc(F)cc1)c1nc(COC)c(CO)s1. The van der Waals surface area contributed by atoms with Gasteiger partial charge in [0.25, 0.3) is 0 Å². The van der Waals surface area contributed by atoms with Crippen molar-refractivity contribution in [3.05, 3.63) is 40.7 Å². The van der Waals surface area contributed by atoms with Gasteiger partial charge in [-0.15, -0.1) is 0 Å². The van der Waals surface area contributed by atoms with Crippen LogP contribution in [0.25, 0.3) is 0 Å². The third-order valence-electron chi connectivity index (χ3n) is 2.88. The van der Waals surface area contributed by atoms with Crippen LogP contribution in [0, 0.1) is 5.82 Å². The van der Waals surface area contributed by atoms with Crippen LogP contribution in [0.5, 0.6) is 0 Å². The lowest BCUT2D eigenvalue weighted by atomic mass is 10.3. The van der Waals surface area contributed by atoms with Crippen LogP contribution in [0.3, 0.4) is 0 Å². The molecule has 0 saturated heterocycles. The second-order valence-corrected chi connectivity index (χ2v) is 5.24. The summed E-state index contributed by atoms with van der Waals surface area (Å²) in [5.74, 6) is -0.264. The van der Waals surface area contributed by atoms with Gasteiger partial charge in [-0.05, 0) is 31.2 Å². The van der Waals surface area contributed by atoms with E-state index in [4.69, 9.17) is 4.74 Å². The number of halogens is 1. The summed E-state index contributed by atoms with van der Waals surface area (Å²) in [5.41, 5.74) is 1.62. The lowest BCUT2D eigenvalue weighted by molar-refractivity contribution is 0.179. The van der Waals surface area contributed by atoms with Crippen molar-refractivity contribution in [1.29, 1.82) is 0 Å². The number of aromatic nitrogens is 1. The van der Waals surface area contributed by atoms with Crippen molar-refractivity contribution in [3.63, 3.8) is 0 Å². The maximum absolute atomic E-state index is 13.0. The molecule has 0 radical (unpaired) electrons. The van der Waals surface area contributed by atoms with E-state index < -0.39 is 0 Å². The van der Waals surface area contributed by atoms with Crippen molar-refractivity contribution in [2.75, 3.05) is 18.6 Å². The third kappa shape index (κ3) is 3.15. The van der Waals surface area contributed by atoms with Crippen LogP contribution in [-0.4, -0.2) is 23.7 Å². The largest absolute Gasteiger partial charge is 0.391 e. The molecular formula is C14H17FN2O2S. The molecule has 2 rings (SSSR count). The molecule has 0 aliphatic heterocycles. The van der Waals surface area contributed by atoms with E-state index in [0.29, 0.717) is 13.2 Å². The minimum Gasteiger partial charge on any atom is -0.391 e. The molecule has 0 aliphatic carbocycles. The van der Waals surface area contributed by atoms with Crippen LogP contribution < -0.4 is 4.90 Å². The van der Waals surface area contributed by atoms with E-state index >= 15 is 0 Å². The first-order valence-corrected chi connectivity index (χ1v) is 7.12. The highest BCUT2D eigenvalue weighted by Gasteiger charge is 2.16. The Hall–Kier alpha value is -1.50. The van der Waals surface area contributed by atoms with Crippen molar-refractivity contribution in [2.45, 2.75) is 20.1 Å². The normalized spacial score (nSPS) is 10.8. The molecule has 6 heteroatoms. The molecule has 0 saturated carbocycles. The van der Waals surface area contributed by atoms with Gasteiger partial charge in [-0.3, -0.25) is 0 Å². The fourth-order valence-corrected chi connectivity index (χ4v) is 2.92. The summed E-state index contributed by atoms with van der Waals surface area (Å²) in [4.78, 5) is 7.27. The number of anilines is 2. The quantitative estimate of drug-likeness (QED) is 0.890. The van der Waals surface area contributed by atoms with Gasteiger partial charge in [-0.2, -0.15) is 0 Å². The van der Waals surface area contributed by atoms with Crippen molar-refractivity contribution in [1.82, 2.24) is 4.98 Å². The molecule has 0 bridgehead atoms. The van der Waals surface area contributed by atoms with E-state index in [2.05, 4.69) is 4.98 Å². The zero-order valence-corrected chi connectivity index (χ0v) is 12.3. The van der Waals surface area contributed by atoms with Gasteiger partial charge in [-0.1, -0.05) is 11.3 Å². The highest BCUT2D eigenvalue weighted by Crippen LogP contribution is 2.32. The Morgan fingerprint density at radius 3 is 2.60 bits per heavy atom. The molecule has 0 fully saturated rings. The number of benzene rings is 1. The zero-order chi connectivity index (χ0) is 14.5. The van der Waals surface area contributed by atoms with Crippen LogP contribution in [0.15, 0.2) is 24.3 Å². The smallest absolute Gasteiger partial charge is 0.190 e. The molecule has 1 N–H and O–H groups in total. The van der Waals surface area contributed by atoms with E-state index in [-0.39, 0.29) is 12.4 Å². The molecule has 0 spiro atoms. The van der Waals surface area contributed by atoms with E-state index in [1.807, 2.05) is 11.8 Å². The first kappa shape index (κ1) is 14.9. The molecule has 20 heavy (non-hydrogen) atoms. The Kier molecular flexibility index (Phi) is 5.05. The average molecular weight is 296 g/mol. The second kappa shape index (κ2) is 6.78. The molecule has 0 atom stereocenters. The lowest BCUT2D eigenvalue weighted by Crippen LogP contribution is -2.15. The van der Waals surface area contributed by atoms with Gasteiger partial charge in [0.05, 0.1) is 23.8 Å². The number of hydrogen-bond donors (Lipinski definition) is 1. The third-order valence-corrected chi connectivity index (χ3v) is 3.98. The molecule has 2 aromatic rings. The first-order valence-electron chi connectivity index (χ1n) is 6.31. The fourth-order valence-electron chi connectivity index (χ4n) is 1.91. The number of nitrogens with zero attached hydrogens (tertiary/aromatic N) is 2. The van der Waals surface area contributed by atoms with Gasteiger partial charge >= 0.3 is 0 Å². The topological polar surface area (TPSA) is 45.6 Å². The predicted molar refractivity (Wildman–Crippen MR) is 77.8 cm³/mol. The molecule has 1 aromatic heterocycles. The summed E-state index contributed by atoms with van der Waals surface area (Å²) in [6.07, 6.45) is 0. The molecule has 0 aliphatic rings. The Bertz CT molecular complexity index is 557. The molecule has 4 nitrogen and oxygen atoms in total. The van der Waals surface area contributed by atoms with Crippen molar-refractivity contribution in [3.8, 4) is 0 Å². The van der Waals surface area contributed by atoms with Crippen LogP contribution >= 0.6 is 11.3 Å². The highest BCUT2D eigenvalue weighted by molar-refractivity contribution is 7.15. The van der Waals surface area contributed by atoms with Crippen molar-refractivity contribution in [2.24, 2.45) is 0 Å². The summed E-state index contributed by atoms with van der Waals surface area (Å²) in [6.45, 7) is 3.01. The number of hydrogen-bond acceptors (Lipinski definition) is 5. The fraction of sp³-hybridized carbons (Fsp3) is 0.357. The number of aliphatic hydroxyl groups is 1. The van der Waals surface area contributed by atoms with E-state index in [1.165, 1.54) is 23.5 Å². The summed E-state index contributed by atoms with van der Waals surface area (Å²) in [5, 5.41) is 10.1. The minimum absolute atomic E-state index is 0.0582.